The minimum atomic E-state index is -0.176. The lowest BCUT2D eigenvalue weighted by Crippen LogP contribution is -2.33. The van der Waals surface area contributed by atoms with Crippen molar-refractivity contribution in [2.24, 2.45) is 0 Å². The summed E-state index contributed by atoms with van der Waals surface area (Å²) < 4.78 is 0. The first-order chi connectivity index (χ1) is 7.72. The Hall–Kier alpha value is -1.34. The van der Waals surface area contributed by atoms with Gasteiger partial charge < -0.3 is 4.98 Å². The summed E-state index contributed by atoms with van der Waals surface area (Å²) in [7, 11) is 0. The van der Waals surface area contributed by atoms with Crippen LogP contribution in [-0.4, -0.2) is 28.0 Å². The predicted molar refractivity (Wildman–Crippen MR) is 61.8 cm³/mol. The van der Waals surface area contributed by atoms with Crippen molar-refractivity contribution >= 4 is 0 Å². The first-order valence-electron chi connectivity index (χ1n) is 5.89. The molecule has 1 fully saturated rings. The average molecular weight is 218 g/mol. The van der Waals surface area contributed by atoms with Gasteiger partial charge in [0.2, 0.25) is 0 Å². The number of likely N-dealkylation sites (tertiary alicyclic amines) is 1. The first-order valence-corrected chi connectivity index (χ1v) is 5.89. The highest BCUT2D eigenvalue weighted by atomic mass is 15.2. The zero-order valence-corrected chi connectivity index (χ0v) is 9.95. The van der Waals surface area contributed by atoms with E-state index in [4.69, 9.17) is 0 Å². The Morgan fingerprint density at radius 1 is 1.31 bits per heavy atom. The number of hydrogen-bond donors (Lipinski definition) is 1. The molecule has 0 bridgehead atoms. The van der Waals surface area contributed by atoms with Crippen molar-refractivity contribution in [1.82, 2.24) is 14.9 Å². The van der Waals surface area contributed by atoms with Gasteiger partial charge in [0.15, 0.2) is 0 Å². The molecule has 2 heterocycles. The molecule has 0 aliphatic carbocycles. The van der Waals surface area contributed by atoms with Gasteiger partial charge in [-0.2, -0.15) is 5.26 Å². The van der Waals surface area contributed by atoms with Crippen LogP contribution in [0.4, 0.5) is 0 Å². The molecule has 2 rings (SSSR count). The summed E-state index contributed by atoms with van der Waals surface area (Å²) in [6, 6.07) is 2.21. The summed E-state index contributed by atoms with van der Waals surface area (Å²) in [4.78, 5) is 9.85. The number of aromatic nitrogens is 2. The number of piperidine rings is 1. The number of hydrogen-bond acceptors (Lipinski definition) is 3. The quantitative estimate of drug-likeness (QED) is 0.826. The Morgan fingerprint density at radius 2 is 2.00 bits per heavy atom. The van der Waals surface area contributed by atoms with E-state index < -0.39 is 0 Å². The van der Waals surface area contributed by atoms with Crippen LogP contribution in [0.3, 0.4) is 0 Å². The van der Waals surface area contributed by atoms with Gasteiger partial charge in [-0.25, -0.2) is 4.98 Å². The molecular formula is C12H18N4. The maximum atomic E-state index is 9.32. The van der Waals surface area contributed by atoms with Crippen LogP contribution < -0.4 is 0 Å². The molecule has 1 aliphatic heterocycles. The number of nitrogens with one attached hydrogen (secondary N) is 1. The summed E-state index contributed by atoms with van der Waals surface area (Å²) >= 11 is 0. The number of imidazole rings is 1. The van der Waals surface area contributed by atoms with Crippen LogP contribution >= 0.6 is 0 Å². The minimum Gasteiger partial charge on any atom is -0.346 e. The molecule has 1 N–H and O–H groups in total. The van der Waals surface area contributed by atoms with Crippen LogP contribution in [0, 0.1) is 25.2 Å². The minimum absolute atomic E-state index is 0.176. The largest absolute Gasteiger partial charge is 0.346 e. The van der Waals surface area contributed by atoms with Gasteiger partial charge in [0.1, 0.15) is 11.9 Å². The molecule has 0 saturated carbocycles. The maximum absolute atomic E-state index is 9.32. The van der Waals surface area contributed by atoms with Crippen LogP contribution in [0.25, 0.3) is 0 Å². The van der Waals surface area contributed by atoms with E-state index in [-0.39, 0.29) is 6.04 Å². The van der Waals surface area contributed by atoms with Crippen molar-refractivity contribution in [3.05, 3.63) is 17.2 Å². The van der Waals surface area contributed by atoms with Gasteiger partial charge in [0.05, 0.1) is 11.8 Å². The van der Waals surface area contributed by atoms with E-state index in [9.17, 15) is 5.26 Å². The lowest BCUT2D eigenvalue weighted by atomic mass is 10.1. The van der Waals surface area contributed by atoms with Gasteiger partial charge in [0.25, 0.3) is 0 Å². The van der Waals surface area contributed by atoms with Crippen LogP contribution in [0.5, 0.6) is 0 Å². The van der Waals surface area contributed by atoms with E-state index in [1.54, 1.807) is 0 Å². The van der Waals surface area contributed by atoms with Crippen LogP contribution in [-0.2, 0) is 0 Å². The van der Waals surface area contributed by atoms with Crippen molar-refractivity contribution < 1.29 is 0 Å². The normalized spacial score (nSPS) is 19.3. The monoisotopic (exact) mass is 218 g/mol. The standard InChI is InChI=1S/C12H18N4/c1-9-12(15-10(2)14-9)11(8-13)16-6-4-3-5-7-16/h11H,3-7H2,1-2H3,(H,14,15). The second-order valence-corrected chi connectivity index (χ2v) is 4.46. The third-order valence-corrected chi connectivity index (χ3v) is 3.18. The molecule has 1 aromatic heterocycles. The number of aromatic amines is 1. The van der Waals surface area contributed by atoms with Crippen molar-refractivity contribution in [3.63, 3.8) is 0 Å². The molecule has 4 nitrogen and oxygen atoms in total. The van der Waals surface area contributed by atoms with Crippen molar-refractivity contribution in [1.29, 1.82) is 5.26 Å². The van der Waals surface area contributed by atoms with Gasteiger partial charge in [-0.1, -0.05) is 6.42 Å². The molecule has 1 aromatic rings. The van der Waals surface area contributed by atoms with Crippen LogP contribution in [0.2, 0.25) is 0 Å². The third-order valence-electron chi connectivity index (χ3n) is 3.18. The number of H-pyrrole nitrogens is 1. The lowest BCUT2D eigenvalue weighted by molar-refractivity contribution is 0.193. The van der Waals surface area contributed by atoms with E-state index in [0.29, 0.717) is 0 Å². The molecule has 1 aliphatic rings. The van der Waals surface area contributed by atoms with E-state index >= 15 is 0 Å². The second kappa shape index (κ2) is 4.67. The second-order valence-electron chi connectivity index (χ2n) is 4.46. The van der Waals surface area contributed by atoms with Gasteiger partial charge in [-0.15, -0.1) is 0 Å². The lowest BCUT2D eigenvalue weighted by Gasteiger charge is -2.29. The van der Waals surface area contributed by atoms with Gasteiger partial charge >= 0.3 is 0 Å². The summed E-state index contributed by atoms with van der Waals surface area (Å²) in [6.07, 6.45) is 3.68. The molecule has 1 saturated heterocycles. The van der Waals surface area contributed by atoms with Gasteiger partial charge in [-0.05, 0) is 39.8 Å². The molecule has 86 valence electrons. The molecule has 4 heteroatoms. The van der Waals surface area contributed by atoms with Crippen molar-refractivity contribution in [2.75, 3.05) is 13.1 Å². The van der Waals surface area contributed by atoms with Crippen molar-refractivity contribution in [3.8, 4) is 6.07 Å². The molecule has 0 spiro atoms. The predicted octanol–water partition coefficient (Wildman–Crippen LogP) is 2.08. The zero-order chi connectivity index (χ0) is 11.5. The summed E-state index contributed by atoms with van der Waals surface area (Å²) in [5.74, 6) is 0.893. The molecule has 1 atom stereocenters. The third kappa shape index (κ3) is 2.10. The fourth-order valence-corrected chi connectivity index (χ4v) is 2.39. The smallest absolute Gasteiger partial charge is 0.142 e. The molecule has 16 heavy (non-hydrogen) atoms. The molecule has 0 aromatic carbocycles. The van der Waals surface area contributed by atoms with Crippen LogP contribution in [0.15, 0.2) is 0 Å². The van der Waals surface area contributed by atoms with E-state index in [0.717, 1.165) is 30.3 Å². The van der Waals surface area contributed by atoms with E-state index in [1.165, 1.54) is 19.3 Å². The van der Waals surface area contributed by atoms with Gasteiger partial charge in [0, 0.05) is 5.69 Å². The maximum Gasteiger partial charge on any atom is 0.142 e. The number of rotatable bonds is 2. The molecule has 0 amide bonds. The van der Waals surface area contributed by atoms with Gasteiger partial charge in [-0.3, -0.25) is 4.90 Å². The number of aryl methyl sites for hydroxylation is 2. The highest BCUT2D eigenvalue weighted by Gasteiger charge is 2.25. The average Bonchev–Trinajstić information content (AvgIpc) is 2.61. The summed E-state index contributed by atoms with van der Waals surface area (Å²) in [5.41, 5.74) is 1.93. The highest BCUT2D eigenvalue weighted by Crippen LogP contribution is 2.24. The Labute approximate surface area is 96.3 Å². The van der Waals surface area contributed by atoms with E-state index in [2.05, 4.69) is 20.9 Å². The molecule has 0 radical (unpaired) electrons. The SMILES string of the molecule is Cc1nc(C(C#N)N2CCCCC2)c(C)[nH]1. The number of nitrogens with zero attached hydrogens (tertiary/aromatic N) is 3. The highest BCUT2D eigenvalue weighted by molar-refractivity contribution is 5.22. The van der Waals surface area contributed by atoms with Crippen molar-refractivity contribution in [2.45, 2.75) is 39.2 Å². The molecule has 1 unspecified atom stereocenters. The fourth-order valence-electron chi connectivity index (χ4n) is 2.39. The van der Waals surface area contributed by atoms with Crippen LogP contribution in [0.1, 0.15) is 42.5 Å². The Bertz CT molecular complexity index is 396. The topological polar surface area (TPSA) is 55.7 Å². The fraction of sp³-hybridized carbons (Fsp3) is 0.667. The summed E-state index contributed by atoms with van der Waals surface area (Å²) in [6.45, 7) is 5.96. The zero-order valence-electron chi connectivity index (χ0n) is 9.95. The Kier molecular flexibility index (Phi) is 3.25. The van der Waals surface area contributed by atoms with E-state index in [1.807, 2.05) is 13.8 Å². The Balaban J connectivity index is 2.22. The molecular weight excluding hydrogens is 200 g/mol. The number of nitriles is 1. The first kappa shape index (κ1) is 11.2. The summed E-state index contributed by atoms with van der Waals surface area (Å²) in [5, 5.41) is 9.32. The Morgan fingerprint density at radius 3 is 2.50 bits per heavy atom.